The van der Waals surface area contributed by atoms with E-state index in [1.54, 1.807) is 36.4 Å². The minimum atomic E-state index is -3.43. The molecule has 3 heterocycles. The van der Waals surface area contributed by atoms with Crippen molar-refractivity contribution in [2.45, 2.75) is 49.7 Å². The third-order valence-electron chi connectivity index (χ3n) is 8.32. The van der Waals surface area contributed by atoms with Crippen molar-refractivity contribution in [1.82, 2.24) is 19.9 Å². The average Bonchev–Trinajstić information content (AvgIpc) is 3.13. The second-order valence-corrected chi connectivity index (χ2v) is 13.6. The van der Waals surface area contributed by atoms with Gasteiger partial charge in [0.15, 0.2) is 0 Å². The lowest BCUT2D eigenvalue weighted by molar-refractivity contribution is -0.118. The number of benzene rings is 2. The molecule has 5 atom stereocenters. The van der Waals surface area contributed by atoms with Crippen LogP contribution in [0.2, 0.25) is 5.02 Å². The summed E-state index contributed by atoms with van der Waals surface area (Å²) in [4.78, 5) is 30.2. The fraction of sp³-hybridized carbons (Fsp3) is 0.387. The van der Waals surface area contributed by atoms with Gasteiger partial charge >= 0.3 is 6.09 Å². The molecule has 3 aromatic rings. The number of halogens is 2. The van der Waals surface area contributed by atoms with E-state index in [1.165, 1.54) is 35.8 Å². The maximum atomic E-state index is 15.3. The minimum absolute atomic E-state index is 0.0825. The van der Waals surface area contributed by atoms with Gasteiger partial charge in [-0.25, -0.2) is 22.6 Å². The van der Waals surface area contributed by atoms with Crippen LogP contribution in [-0.4, -0.2) is 78.9 Å². The number of aromatic nitrogens is 1. The topological polar surface area (TPSA) is 150 Å². The van der Waals surface area contributed by atoms with Gasteiger partial charge in [-0.15, -0.1) is 0 Å². The number of sulfonamides is 1. The second-order valence-electron chi connectivity index (χ2n) is 11.2. The molecule has 0 radical (unpaired) electrons. The summed E-state index contributed by atoms with van der Waals surface area (Å²) in [6, 6.07) is 12.5. The fourth-order valence-corrected chi connectivity index (χ4v) is 8.01. The lowest BCUT2D eigenvalue weighted by Crippen LogP contribution is -2.57. The molecule has 0 spiro atoms. The molecule has 2 fully saturated rings. The summed E-state index contributed by atoms with van der Waals surface area (Å²) in [5.41, 5.74) is 1.47. The van der Waals surface area contributed by atoms with Gasteiger partial charge in [0.2, 0.25) is 21.8 Å². The summed E-state index contributed by atoms with van der Waals surface area (Å²) in [5, 5.41) is 18.7. The first kappa shape index (κ1) is 32.6. The van der Waals surface area contributed by atoms with Crippen molar-refractivity contribution in [2.24, 2.45) is 0 Å². The number of amides is 2. The van der Waals surface area contributed by atoms with Crippen LogP contribution in [-0.2, 0) is 21.2 Å². The average molecular weight is 660 g/mol. The number of fused-ring (bicyclic) bond motifs is 2. The van der Waals surface area contributed by atoms with Crippen LogP contribution in [0.1, 0.15) is 41.9 Å². The molecule has 4 N–H and O–H groups in total. The monoisotopic (exact) mass is 659 g/mol. The van der Waals surface area contributed by atoms with Gasteiger partial charge in [0.1, 0.15) is 11.9 Å². The highest BCUT2D eigenvalue weighted by molar-refractivity contribution is 7.89. The molecule has 2 aromatic carbocycles. The van der Waals surface area contributed by atoms with Crippen LogP contribution in [0.3, 0.4) is 0 Å². The van der Waals surface area contributed by atoms with Gasteiger partial charge in [-0.1, -0.05) is 35.9 Å². The van der Waals surface area contributed by atoms with Gasteiger partial charge < -0.3 is 25.8 Å². The van der Waals surface area contributed by atoms with Gasteiger partial charge in [-0.3, -0.25) is 4.79 Å². The lowest BCUT2D eigenvalue weighted by Gasteiger charge is -2.37. The predicted molar refractivity (Wildman–Crippen MR) is 168 cm³/mol. The number of anilines is 1. The number of carboxylic acid groups (broad SMARTS) is 1. The molecule has 2 bridgehead atoms. The SMILES string of the molecule is COc1ccc([C@H](c2ccc(Cl)cc2)[C@H](NC(=O)O)C(=O)Nc2cccc(F)c2CCC2CNC3CCCS(=O)(=O)N2C3)cn1. The highest BCUT2D eigenvalue weighted by atomic mass is 35.5. The number of ether oxygens (including phenoxy) is 1. The number of piperazine rings is 1. The third-order valence-corrected chi connectivity index (χ3v) is 10.5. The number of rotatable bonds is 10. The first-order chi connectivity index (χ1) is 21.6. The van der Waals surface area contributed by atoms with Crippen LogP contribution in [0, 0.1) is 5.82 Å². The van der Waals surface area contributed by atoms with Crippen molar-refractivity contribution in [1.29, 1.82) is 0 Å². The highest BCUT2D eigenvalue weighted by Gasteiger charge is 2.38. The van der Waals surface area contributed by atoms with Gasteiger partial charge in [0.25, 0.3) is 0 Å². The van der Waals surface area contributed by atoms with Gasteiger partial charge in [0.05, 0.1) is 12.9 Å². The van der Waals surface area contributed by atoms with Crippen LogP contribution >= 0.6 is 11.6 Å². The number of nitrogens with zero attached hydrogens (tertiary/aromatic N) is 2. The summed E-state index contributed by atoms with van der Waals surface area (Å²) in [7, 11) is -1.97. The maximum absolute atomic E-state index is 15.3. The quantitative estimate of drug-likeness (QED) is 0.255. The van der Waals surface area contributed by atoms with E-state index in [0.29, 0.717) is 48.0 Å². The molecule has 2 aliphatic heterocycles. The van der Waals surface area contributed by atoms with Gasteiger partial charge in [0, 0.05) is 59.6 Å². The number of nitrogens with one attached hydrogen (secondary N) is 3. The number of hydrogen-bond acceptors (Lipinski definition) is 7. The van der Waals surface area contributed by atoms with Crippen LogP contribution in [0.25, 0.3) is 0 Å². The number of hydrogen-bond donors (Lipinski definition) is 4. The molecule has 11 nitrogen and oxygen atoms in total. The van der Waals surface area contributed by atoms with Crippen LogP contribution in [0.5, 0.6) is 5.88 Å². The lowest BCUT2D eigenvalue weighted by atomic mass is 9.85. The predicted octanol–water partition coefficient (Wildman–Crippen LogP) is 3.99. The Balaban J connectivity index is 1.43. The molecule has 45 heavy (non-hydrogen) atoms. The number of pyridine rings is 1. The maximum Gasteiger partial charge on any atom is 0.405 e. The zero-order valence-corrected chi connectivity index (χ0v) is 26.2. The second kappa shape index (κ2) is 14.1. The largest absolute Gasteiger partial charge is 0.481 e. The van der Waals surface area contributed by atoms with E-state index in [-0.39, 0.29) is 35.5 Å². The molecule has 14 heteroatoms. The van der Waals surface area contributed by atoms with E-state index in [9.17, 15) is 23.1 Å². The Labute approximate surface area is 266 Å². The van der Waals surface area contributed by atoms with Crippen molar-refractivity contribution in [3.63, 3.8) is 0 Å². The Bertz CT molecular complexity index is 1630. The molecule has 240 valence electrons. The summed E-state index contributed by atoms with van der Waals surface area (Å²) >= 11 is 6.11. The number of carbonyl (C=O) groups excluding carboxylic acids is 1. The summed E-state index contributed by atoms with van der Waals surface area (Å²) in [6.07, 6.45) is 1.89. The smallest absolute Gasteiger partial charge is 0.405 e. The number of methoxy groups -OCH3 is 1. The van der Waals surface area contributed by atoms with E-state index in [0.717, 1.165) is 6.42 Å². The van der Waals surface area contributed by atoms with Crippen molar-refractivity contribution in [3.05, 3.63) is 88.3 Å². The molecule has 3 unspecified atom stereocenters. The van der Waals surface area contributed by atoms with Gasteiger partial charge in [-0.05, 0) is 61.1 Å². The molecule has 2 amide bonds. The Hall–Kier alpha value is -3.78. The Morgan fingerprint density at radius 1 is 1.18 bits per heavy atom. The molecular weight excluding hydrogens is 625 g/mol. The highest BCUT2D eigenvalue weighted by Crippen LogP contribution is 2.32. The Kier molecular flexibility index (Phi) is 10.2. The zero-order chi connectivity index (χ0) is 32.1. The Morgan fingerprint density at radius 2 is 1.93 bits per heavy atom. The minimum Gasteiger partial charge on any atom is -0.481 e. The van der Waals surface area contributed by atoms with Crippen molar-refractivity contribution in [2.75, 3.05) is 31.3 Å². The zero-order valence-electron chi connectivity index (χ0n) is 24.6. The standard InChI is InChI=1S/C31H35ClFN5O6S/c1-44-27-14-9-20(16-35-27)28(19-7-10-21(32)11-8-19)29(37-31(40)41)30(39)36-26-6-2-5-25(33)24(26)13-12-23-17-34-22-4-3-15-45(42,43)38(23)18-22/h2,5-11,14,16,22-23,28-29,34,37H,3-4,12-13,15,17-18H2,1H3,(H,36,39)(H,40,41)/t22?,23?,28-,29-/m0/s1. The van der Waals surface area contributed by atoms with Gasteiger partial charge in [-0.2, -0.15) is 4.31 Å². The first-order valence-electron chi connectivity index (χ1n) is 14.6. The normalized spacial score (nSPS) is 22.0. The van der Waals surface area contributed by atoms with Crippen molar-refractivity contribution >= 4 is 39.3 Å². The first-order valence-corrected chi connectivity index (χ1v) is 16.6. The van der Waals surface area contributed by atoms with E-state index >= 15 is 4.39 Å². The summed E-state index contributed by atoms with van der Waals surface area (Å²) in [5.74, 6) is -1.72. The third kappa shape index (κ3) is 7.72. The van der Waals surface area contributed by atoms with E-state index in [1.807, 2.05) is 0 Å². The van der Waals surface area contributed by atoms with Crippen LogP contribution < -0.4 is 20.7 Å². The molecule has 2 saturated heterocycles. The fourth-order valence-electron chi connectivity index (χ4n) is 6.07. The Morgan fingerprint density at radius 3 is 2.62 bits per heavy atom. The number of carbonyl (C=O) groups is 2. The summed E-state index contributed by atoms with van der Waals surface area (Å²) in [6.45, 7) is 0.825. The molecule has 2 aliphatic rings. The van der Waals surface area contributed by atoms with Crippen molar-refractivity contribution in [3.8, 4) is 5.88 Å². The van der Waals surface area contributed by atoms with Crippen LogP contribution in [0.4, 0.5) is 14.9 Å². The van der Waals surface area contributed by atoms with E-state index in [2.05, 4.69) is 20.9 Å². The summed E-state index contributed by atoms with van der Waals surface area (Å²) < 4.78 is 47.8. The molecule has 0 saturated carbocycles. The molecule has 1 aromatic heterocycles. The van der Waals surface area contributed by atoms with Crippen LogP contribution in [0.15, 0.2) is 60.8 Å². The van der Waals surface area contributed by atoms with E-state index in [4.69, 9.17) is 16.3 Å². The van der Waals surface area contributed by atoms with E-state index < -0.39 is 39.8 Å². The molecule has 0 aliphatic carbocycles. The molecule has 5 rings (SSSR count). The molecular formula is C31H35ClFN5O6S. The van der Waals surface area contributed by atoms with Crippen molar-refractivity contribution < 1.29 is 32.2 Å².